The second kappa shape index (κ2) is 7.51. The van der Waals surface area contributed by atoms with Crippen molar-refractivity contribution in [3.05, 3.63) is 29.3 Å². The number of ether oxygens (including phenoxy) is 3. The predicted octanol–water partition coefficient (Wildman–Crippen LogP) is 2.51. The fourth-order valence-electron chi connectivity index (χ4n) is 3.37. The Balaban J connectivity index is 1.59. The molecule has 5 nitrogen and oxygen atoms in total. The molecule has 0 N–H and O–H groups in total. The quantitative estimate of drug-likeness (QED) is 0.827. The Hall–Kier alpha value is -1.30. The van der Waals surface area contributed by atoms with Crippen LogP contribution in [0.5, 0.6) is 5.75 Å². The van der Waals surface area contributed by atoms with Crippen molar-refractivity contribution in [1.29, 1.82) is 0 Å². The lowest BCUT2D eigenvalue weighted by atomic mass is 9.95. The average molecular weight is 340 g/mol. The van der Waals surface area contributed by atoms with Crippen LogP contribution in [-0.4, -0.2) is 55.4 Å². The summed E-state index contributed by atoms with van der Waals surface area (Å²) in [7, 11) is 0. The van der Waals surface area contributed by atoms with Gasteiger partial charge in [-0.05, 0) is 38.0 Å². The molecule has 3 rings (SSSR count). The normalized spacial score (nSPS) is 26.9. The molecule has 2 aliphatic rings. The van der Waals surface area contributed by atoms with Gasteiger partial charge in [-0.15, -0.1) is 0 Å². The zero-order chi connectivity index (χ0) is 16.2. The number of amides is 1. The molecule has 0 saturated carbocycles. The Bertz CT molecular complexity index is 553. The predicted molar refractivity (Wildman–Crippen MR) is 86.8 cm³/mol. The van der Waals surface area contributed by atoms with Crippen molar-refractivity contribution < 1.29 is 19.0 Å². The van der Waals surface area contributed by atoms with Crippen molar-refractivity contribution in [1.82, 2.24) is 4.90 Å². The highest BCUT2D eigenvalue weighted by atomic mass is 35.5. The van der Waals surface area contributed by atoms with Gasteiger partial charge in [-0.3, -0.25) is 4.79 Å². The number of hydrogen-bond donors (Lipinski definition) is 0. The molecule has 3 atom stereocenters. The lowest BCUT2D eigenvalue weighted by Crippen LogP contribution is -2.56. The molecule has 2 saturated heterocycles. The topological polar surface area (TPSA) is 48.0 Å². The first-order chi connectivity index (χ1) is 11.2. The van der Waals surface area contributed by atoms with Crippen LogP contribution >= 0.6 is 11.6 Å². The monoisotopic (exact) mass is 339 g/mol. The Morgan fingerprint density at radius 1 is 1.43 bits per heavy atom. The van der Waals surface area contributed by atoms with Gasteiger partial charge in [0.05, 0.1) is 12.1 Å². The third-order valence-corrected chi connectivity index (χ3v) is 4.62. The van der Waals surface area contributed by atoms with E-state index in [1.165, 1.54) is 0 Å². The van der Waals surface area contributed by atoms with E-state index in [2.05, 4.69) is 0 Å². The highest BCUT2D eigenvalue weighted by Crippen LogP contribution is 2.30. The Labute approximate surface area is 141 Å². The molecule has 0 bridgehead atoms. The van der Waals surface area contributed by atoms with Gasteiger partial charge >= 0.3 is 0 Å². The van der Waals surface area contributed by atoms with E-state index in [0.717, 1.165) is 12.8 Å². The maximum Gasteiger partial charge on any atom is 0.260 e. The summed E-state index contributed by atoms with van der Waals surface area (Å²) in [4.78, 5) is 14.4. The first-order valence-corrected chi connectivity index (χ1v) is 8.48. The number of likely N-dealkylation sites (tertiary alicyclic amines) is 1. The van der Waals surface area contributed by atoms with E-state index >= 15 is 0 Å². The summed E-state index contributed by atoms with van der Waals surface area (Å²) in [5.41, 5.74) is 0. The van der Waals surface area contributed by atoms with Gasteiger partial charge in [-0.25, -0.2) is 0 Å². The number of nitrogens with zero attached hydrogens (tertiary/aromatic N) is 1. The van der Waals surface area contributed by atoms with Crippen molar-refractivity contribution in [3.63, 3.8) is 0 Å². The molecule has 0 radical (unpaired) electrons. The van der Waals surface area contributed by atoms with Crippen molar-refractivity contribution in [2.24, 2.45) is 0 Å². The van der Waals surface area contributed by atoms with Crippen LogP contribution < -0.4 is 4.74 Å². The summed E-state index contributed by atoms with van der Waals surface area (Å²) < 4.78 is 17.1. The largest absolute Gasteiger partial charge is 0.484 e. The number of fused-ring (bicyclic) bond motifs is 1. The molecule has 0 aliphatic carbocycles. The molecule has 0 aromatic heterocycles. The van der Waals surface area contributed by atoms with Gasteiger partial charge in [0.2, 0.25) is 0 Å². The van der Waals surface area contributed by atoms with E-state index < -0.39 is 0 Å². The summed E-state index contributed by atoms with van der Waals surface area (Å²) in [6.45, 7) is 4.04. The minimum Gasteiger partial charge on any atom is -0.484 e. The van der Waals surface area contributed by atoms with Gasteiger partial charge in [-0.1, -0.05) is 17.7 Å². The van der Waals surface area contributed by atoms with E-state index in [1.807, 2.05) is 11.8 Å². The third-order valence-electron chi connectivity index (χ3n) is 4.38. The lowest BCUT2D eigenvalue weighted by Gasteiger charge is -2.40. The fourth-order valence-corrected chi connectivity index (χ4v) is 3.55. The first-order valence-electron chi connectivity index (χ1n) is 8.10. The van der Waals surface area contributed by atoms with Gasteiger partial charge < -0.3 is 19.1 Å². The standard InChI is InChI=1S/C17H22ClNO4/c1-2-21-15-6-8-19(14-7-9-22-17(14)15)16(20)11-23-13-5-3-4-12(18)10-13/h3-5,10,14-15,17H,2,6-9,11H2,1H3/t14-,15+,17-/m0/s1. The second-order valence-electron chi connectivity index (χ2n) is 5.81. The van der Waals surface area contributed by atoms with Crippen LogP contribution in [0.15, 0.2) is 24.3 Å². The summed E-state index contributed by atoms with van der Waals surface area (Å²) in [6, 6.07) is 7.17. The molecule has 2 heterocycles. The van der Waals surface area contributed by atoms with E-state index in [4.69, 9.17) is 25.8 Å². The molecule has 1 amide bonds. The number of benzene rings is 1. The molecule has 1 aromatic carbocycles. The van der Waals surface area contributed by atoms with Gasteiger partial charge in [0, 0.05) is 24.8 Å². The molecular weight excluding hydrogens is 318 g/mol. The number of rotatable bonds is 5. The summed E-state index contributed by atoms with van der Waals surface area (Å²) in [5.74, 6) is 0.592. The Kier molecular flexibility index (Phi) is 5.41. The van der Waals surface area contributed by atoms with Gasteiger partial charge in [0.25, 0.3) is 5.91 Å². The van der Waals surface area contributed by atoms with E-state index in [9.17, 15) is 4.79 Å². The SMILES string of the molecule is CCO[C@@H]1CCN(C(=O)COc2cccc(Cl)c2)[C@H]2CCO[C@H]12. The number of carbonyl (C=O) groups is 1. The van der Waals surface area contributed by atoms with E-state index in [0.29, 0.717) is 30.5 Å². The van der Waals surface area contributed by atoms with Crippen LogP contribution in [0.3, 0.4) is 0 Å². The number of piperidine rings is 1. The Morgan fingerprint density at radius 3 is 3.09 bits per heavy atom. The van der Waals surface area contributed by atoms with Crippen LogP contribution in [0.2, 0.25) is 5.02 Å². The van der Waals surface area contributed by atoms with Crippen molar-refractivity contribution in [2.45, 2.75) is 38.0 Å². The number of halogens is 1. The molecular formula is C17H22ClNO4. The van der Waals surface area contributed by atoms with Crippen LogP contribution in [0.4, 0.5) is 0 Å². The summed E-state index contributed by atoms with van der Waals surface area (Å²) in [5, 5.41) is 0.594. The number of carbonyl (C=O) groups excluding carboxylic acids is 1. The molecule has 6 heteroatoms. The molecule has 0 spiro atoms. The number of hydrogen-bond acceptors (Lipinski definition) is 4. The second-order valence-corrected chi connectivity index (χ2v) is 6.24. The van der Waals surface area contributed by atoms with Gasteiger partial charge in [-0.2, -0.15) is 0 Å². The van der Waals surface area contributed by atoms with Crippen LogP contribution in [0.1, 0.15) is 19.8 Å². The zero-order valence-electron chi connectivity index (χ0n) is 13.2. The molecule has 126 valence electrons. The van der Waals surface area contributed by atoms with E-state index in [1.54, 1.807) is 24.3 Å². The molecule has 0 unspecified atom stereocenters. The van der Waals surface area contributed by atoms with Crippen molar-refractivity contribution in [3.8, 4) is 5.75 Å². The zero-order valence-corrected chi connectivity index (χ0v) is 14.0. The maximum absolute atomic E-state index is 12.5. The Morgan fingerprint density at radius 2 is 2.30 bits per heavy atom. The summed E-state index contributed by atoms with van der Waals surface area (Å²) in [6.07, 6.45) is 1.74. The van der Waals surface area contributed by atoms with Crippen LogP contribution in [-0.2, 0) is 14.3 Å². The minimum atomic E-state index is -0.0150. The highest BCUT2D eigenvalue weighted by molar-refractivity contribution is 6.30. The van der Waals surface area contributed by atoms with E-state index in [-0.39, 0.29) is 30.8 Å². The molecule has 2 aliphatic heterocycles. The molecule has 23 heavy (non-hydrogen) atoms. The van der Waals surface area contributed by atoms with Gasteiger partial charge in [0.1, 0.15) is 11.9 Å². The molecule has 2 fully saturated rings. The first kappa shape index (κ1) is 16.6. The van der Waals surface area contributed by atoms with Crippen molar-refractivity contribution in [2.75, 3.05) is 26.4 Å². The smallest absolute Gasteiger partial charge is 0.260 e. The maximum atomic E-state index is 12.5. The van der Waals surface area contributed by atoms with Gasteiger partial charge in [0.15, 0.2) is 6.61 Å². The average Bonchev–Trinajstić information content (AvgIpc) is 3.03. The lowest BCUT2D eigenvalue weighted by molar-refractivity contribution is -0.146. The third kappa shape index (κ3) is 3.79. The molecule has 1 aromatic rings. The minimum absolute atomic E-state index is 0.0135. The fraction of sp³-hybridized carbons (Fsp3) is 0.588. The van der Waals surface area contributed by atoms with Crippen LogP contribution in [0.25, 0.3) is 0 Å². The van der Waals surface area contributed by atoms with Crippen LogP contribution in [0, 0.1) is 0 Å². The highest BCUT2D eigenvalue weighted by Gasteiger charge is 2.44. The summed E-state index contributed by atoms with van der Waals surface area (Å²) >= 11 is 5.92. The van der Waals surface area contributed by atoms with Crippen molar-refractivity contribution >= 4 is 17.5 Å².